The summed E-state index contributed by atoms with van der Waals surface area (Å²) in [5, 5.41) is 6.40. The molecule has 148 valence electrons. The summed E-state index contributed by atoms with van der Waals surface area (Å²) < 4.78 is 35.1. The van der Waals surface area contributed by atoms with E-state index in [0.29, 0.717) is 38.6 Å². The maximum absolute atomic E-state index is 11.6. The molecule has 0 saturated heterocycles. The smallest absolute Gasteiger partial charge is 0.211 e. The predicted octanol–water partition coefficient (Wildman–Crippen LogP) is 1.04. The number of aliphatic imine (C=N–C) groups is 1. The number of rotatable bonds is 10. The summed E-state index contributed by atoms with van der Waals surface area (Å²) in [6.45, 7) is 3.94. The lowest BCUT2D eigenvalue weighted by Gasteiger charge is -2.18. The third kappa shape index (κ3) is 7.09. The summed E-state index contributed by atoms with van der Waals surface area (Å²) in [7, 11) is 1.78. The van der Waals surface area contributed by atoms with Crippen LogP contribution in [0.1, 0.15) is 18.9 Å². The molecule has 0 bridgehead atoms. The van der Waals surface area contributed by atoms with Crippen LogP contribution in [-0.4, -0.2) is 65.8 Å². The van der Waals surface area contributed by atoms with Crippen LogP contribution >= 0.6 is 0 Å². The van der Waals surface area contributed by atoms with Gasteiger partial charge in [0, 0.05) is 44.9 Å². The second kappa shape index (κ2) is 10.9. The van der Waals surface area contributed by atoms with E-state index in [0.717, 1.165) is 17.1 Å². The van der Waals surface area contributed by atoms with Crippen molar-refractivity contribution in [2.24, 2.45) is 4.99 Å². The molecule has 0 fully saturated rings. The molecule has 0 aliphatic heterocycles. The molecule has 1 rings (SSSR count). The molecule has 0 atom stereocenters. The molecular formula is C17H30N4O4S. The van der Waals surface area contributed by atoms with Gasteiger partial charge in [-0.25, -0.2) is 12.7 Å². The number of ether oxygens (including phenoxy) is 2. The van der Waals surface area contributed by atoms with Crippen LogP contribution in [0, 0.1) is 0 Å². The highest BCUT2D eigenvalue weighted by Crippen LogP contribution is 2.24. The minimum Gasteiger partial charge on any atom is -0.497 e. The van der Waals surface area contributed by atoms with Crippen molar-refractivity contribution in [3.63, 3.8) is 0 Å². The van der Waals surface area contributed by atoms with E-state index in [9.17, 15) is 8.42 Å². The molecule has 0 radical (unpaired) electrons. The second-order valence-electron chi connectivity index (χ2n) is 5.64. The zero-order valence-electron chi connectivity index (χ0n) is 16.2. The molecule has 1 aromatic rings. The average Bonchev–Trinajstić information content (AvgIpc) is 2.62. The first-order valence-corrected chi connectivity index (χ1v) is 10.3. The molecule has 8 nitrogen and oxygen atoms in total. The molecule has 0 aliphatic carbocycles. The van der Waals surface area contributed by atoms with E-state index in [2.05, 4.69) is 15.6 Å². The molecule has 2 N–H and O–H groups in total. The molecule has 0 aliphatic rings. The first kappa shape index (κ1) is 22.0. The minimum atomic E-state index is -3.15. The number of nitrogens with one attached hydrogen (secondary N) is 2. The SMILES string of the molecule is CCN(CCCNC(=NC)NCc1ccc(OC)cc1OC)S(C)(=O)=O. The predicted molar refractivity (Wildman–Crippen MR) is 104 cm³/mol. The number of nitrogens with zero attached hydrogens (tertiary/aromatic N) is 2. The van der Waals surface area contributed by atoms with Crippen LogP contribution in [0.3, 0.4) is 0 Å². The van der Waals surface area contributed by atoms with Gasteiger partial charge in [0.05, 0.1) is 20.5 Å². The van der Waals surface area contributed by atoms with Crippen LogP contribution in [0.5, 0.6) is 11.5 Å². The largest absolute Gasteiger partial charge is 0.497 e. The fourth-order valence-corrected chi connectivity index (χ4v) is 3.35. The highest BCUT2D eigenvalue weighted by atomic mass is 32.2. The zero-order chi connectivity index (χ0) is 19.6. The lowest BCUT2D eigenvalue weighted by molar-refractivity contribution is 0.390. The molecule has 0 amide bonds. The molecule has 0 heterocycles. The van der Waals surface area contributed by atoms with Gasteiger partial charge in [0.15, 0.2) is 5.96 Å². The summed E-state index contributed by atoms with van der Waals surface area (Å²) >= 11 is 0. The first-order valence-electron chi connectivity index (χ1n) is 8.46. The molecule has 0 aromatic heterocycles. The maximum atomic E-state index is 11.6. The zero-order valence-corrected chi connectivity index (χ0v) is 17.0. The standard InChI is InChI=1S/C17H30N4O4S/c1-6-21(26(5,22)23)11-7-10-19-17(18-2)20-13-14-8-9-15(24-3)12-16(14)25-4/h8-9,12H,6-7,10-11,13H2,1-5H3,(H2,18,19,20). The highest BCUT2D eigenvalue weighted by Gasteiger charge is 2.13. The van der Waals surface area contributed by atoms with Crippen molar-refractivity contribution in [1.29, 1.82) is 0 Å². The Kier molecular flexibility index (Phi) is 9.22. The molecule has 9 heteroatoms. The van der Waals surface area contributed by atoms with Crippen molar-refractivity contribution in [3.05, 3.63) is 23.8 Å². The van der Waals surface area contributed by atoms with E-state index in [4.69, 9.17) is 9.47 Å². The molecular weight excluding hydrogens is 356 g/mol. The van der Waals surface area contributed by atoms with E-state index >= 15 is 0 Å². The van der Waals surface area contributed by atoms with Crippen molar-refractivity contribution < 1.29 is 17.9 Å². The number of sulfonamides is 1. The summed E-state index contributed by atoms with van der Waals surface area (Å²) in [4.78, 5) is 4.17. The van der Waals surface area contributed by atoms with Crippen molar-refractivity contribution >= 4 is 16.0 Å². The normalized spacial score (nSPS) is 12.2. The molecule has 0 unspecified atom stereocenters. The first-order chi connectivity index (χ1) is 12.3. The monoisotopic (exact) mass is 386 g/mol. The lowest BCUT2D eigenvalue weighted by Crippen LogP contribution is -2.39. The van der Waals surface area contributed by atoms with Gasteiger partial charge in [-0.1, -0.05) is 6.92 Å². The highest BCUT2D eigenvalue weighted by molar-refractivity contribution is 7.88. The van der Waals surface area contributed by atoms with E-state index in [1.165, 1.54) is 10.6 Å². The van der Waals surface area contributed by atoms with Gasteiger partial charge in [-0.15, -0.1) is 0 Å². The van der Waals surface area contributed by atoms with Gasteiger partial charge in [-0.05, 0) is 18.6 Å². The van der Waals surface area contributed by atoms with Gasteiger partial charge in [-0.2, -0.15) is 0 Å². The fourth-order valence-electron chi connectivity index (χ4n) is 2.42. The van der Waals surface area contributed by atoms with E-state index < -0.39 is 10.0 Å². The van der Waals surface area contributed by atoms with Gasteiger partial charge < -0.3 is 20.1 Å². The van der Waals surface area contributed by atoms with E-state index in [-0.39, 0.29) is 0 Å². The third-order valence-corrected chi connectivity index (χ3v) is 5.24. The number of hydrogen-bond donors (Lipinski definition) is 2. The van der Waals surface area contributed by atoms with Crippen LogP contribution in [0.15, 0.2) is 23.2 Å². The number of benzene rings is 1. The number of methoxy groups -OCH3 is 2. The summed E-state index contributed by atoms with van der Waals surface area (Å²) in [5.41, 5.74) is 0.977. The topological polar surface area (TPSA) is 92.3 Å². The lowest BCUT2D eigenvalue weighted by atomic mass is 10.2. The van der Waals surface area contributed by atoms with Crippen LogP contribution in [0.2, 0.25) is 0 Å². The molecule has 0 saturated carbocycles. The molecule has 0 spiro atoms. The fraction of sp³-hybridized carbons (Fsp3) is 0.588. The maximum Gasteiger partial charge on any atom is 0.211 e. The quantitative estimate of drug-likeness (QED) is 0.355. The summed E-state index contributed by atoms with van der Waals surface area (Å²) in [6.07, 6.45) is 1.92. The number of hydrogen-bond acceptors (Lipinski definition) is 5. The average molecular weight is 387 g/mol. The molecule has 1 aromatic carbocycles. The Balaban J connectivity index is 2.49. The third-order valence-electron chi connectivity index (χ3n) is 3.86. The Hall–Kier alpha value is -2.00. The van der Waals surface area contributed by atoms with Crippen molar-refractivity contribution in [2.45, 2.75) is 19.9 Å². The van der Waals surface area contributed by atoms with Crippen LogP contribution in [0.4, 0.5) is 0 Å². The van der Waals surface area contributed by atoms with Gasteiger partial charge in [0.25, 0.3) is 0 Å². The number of guanidine groups is 1. The van der Waals surface area contributed by atoms with E-state index in [1.807, 2.05) is 25.1 Å². The van der Waals surface area contributed by atoms with Crippen LogP contribution < -0.4 is 20.1 Å². The van der Waals surface area contributed by atoms with Crippen LogP contribution in [0.25, 0.3) is 0 Å². The Bertz CT molecular complexity index is 692. The van der Waals surface area contributed by atoms with Crippen molar-refractivity contribution in [3.8, 4) is 11.5 Å². The van der Waals surface area contributed by atoms with Gasteiger partial charge in [0.1, 0.15) is 11.5 Å². The Morgan fingerprint density at radius 3 is 2.50 bits per heavy atom. The Labute approximate surface area is 156 Å². The Morgan fingerprint density at radius 1 is 1.23 bits per heavy atom. The second-order valence-corrected chi connectivity index (χ2v) is 7.62. The molecule has 26 heavy (non-hydrogen) atoms. The minimum absolute atomic E-state index is 0.475. The summed E-state index contributed by atoms with van der Waals surface area (Å²) in [6, 6.07) is 5.64. The van der Waals surface area contributed by atoms with Gasteiger partial charge in [0.2, 0.25) is 10.0 Å². The summed E-state index contributed by atoms with van der Waals surface area (Å²) in [5.74, 6) is 2.11. The van der Waals surface area contributed by atoms with Crippen molar-refractivity contribution in [1.82, 2.24) is 14.9 Å². The van der Waals surface area contributed by atoms with Gasteiger partial charge >= 0.3 is 0 Å². The Morgan fingerprint density at radius 2 is 1.96 bits per heavy atom. The van der Waals surface area contributed by atoms with Crippen LogP contribution in [-0.2, 0) is 16.6 Å². The van der Waals surface area contributed by atoms with Crippen molar-refractivity contribution in [2.75, 3.05) is 47.2 Å². The van der Waals surface area contributed by atoms with E-state index in [1.54, 1.807) is 21.3 Å². The van der Waals surface area contributed by atoms with Gasteiger partial charge in [-0.3, -0.25) is 4.99 Å².